The van der Waals surface area contributed by atoms with E-state index in [-0.39, 0.29) is 5.56 Å². The second-order valence-corrected chi connectivity index (χ2v) is 5.89. The Labute approximate surface area is 128 Å². The van der Waals surface area contributed by atoms with E-state index < -0.39 is 22.9 Å². The molecule has 2 rings (SSSR count). The summed E-state index contributed by atoms with van der Waals surface area (Å²) in [5.41, 5.74) is -1.02. The molecule has 110 valence electrons. The van der Waals surface area contributed by atoms with E-state index in [4.69, 9.17) is 11.6 Å². The summed E-state index contributed by atoms with van der Waals surface area (Å²) >= 11 is 3.79. The van der Waals surface area contributed by atoms with Crippen LogP contribution in [0.3, 0.4) is 0 Å². The molecule has 2 aromatic rings. The number of rotatable bonds is 3. The minimum Gasteiger partial charge on any atom is -0.607 e. The Morgan fingerprint density at radius 2 is 1.57 bits per heavy atom. The lowest BCUT2D eigenvalue weighted by molar-refractivity contribution is -0.0688. The Morgan fingerprint density at radius 1 is 1.00 bits per heavy atom. The largest absolute Gasteiger partial charge is 0.607 e. The molecule has 1 unspecified atom stereocenters. The lowest BCUT2D eigenvalue weighted by atomic mass is 10.1. The number of benzene rings is 2. The first-order valence-corrected chi connectivity index (χ1v) is 7.47. The summed E-state index contributed by atoms with van der Waals surface area (Å²) in [6.45, 7) is 0. The number of hydrogen-bond donors (Lipinski definition) is 0. The minimum atomic E-state index is -4.60. The van der Waals surface area contributed by atoms with Crippen LogP contribution in [0.2, 0.25) is 5.02 Å². The molecule has 0 heterocycles. The molecule has 1 nitrogen and oxygen atoms in total. The molecule has 0 amide bonds. The monoisotopic (exact) mass is 330 g/mol. The predicted octanol–water partition coefficient (Wildman–Crippen LogP) is 5.05. The molecule has 0 aliphatic carbocycles. The van der Waals surface area contributed by atoms with E-state index in [0.717, 1.165) is 5.41 Å². The summed E-state index contributed by atoms with van der Waals surface area (Å²) < 4.78 is 51.5. The van der Waals surface area contributed by atoms with Gasteiger partial charge in [0.05, 0.1) is 0 Å². The third-order valence-corrected chi connectivity index (χ3v) is 4.10. The molecule has 0 aliphatic heterocycles. The average molecular weight is 331 g/mol. The van der Waals surface area contributed by atoms with Gasteiger partial charge in [-0.25, -0.2) is 0 Å². The van der Waals surface area contributed by atoms with Gasteiger partial charge in [0.1, 0.15) is 11.0 Å². The first-order valence-electron chi connectivity index (χ1n) is 5.88. The number of hydrogen-bond acceptors (Lipinski definition) is 1. The number of halogens is 4. The maximum absolute atomic E-state index is 13.1. The number of allylic oxidation sites excluding steroid dienone is 1. The maximum atomic E-state index is 13.1. The van der Waals surface area contributed by atoms with Crippen LogP contribution in [0, 0.1) is 0 Å². The lowest BCUT2D eigenvalue weighted by Gasteiger charge is -2.13. The fourth-order valence-corrected chi connectivity index (χ4v) is 2.83. The molecule has 0 saturated heterocycles. The molecular weight excluding hydrogens is 321 g/mol. The summed E-state index contributed by atoms with van der Waals surface area (Å²) in [6, 6.07) is 13.2. The number of alkyl halides is 3. The van der Waals surface area contributed by atoms with Crippen molar-refractivity contribution in [1.29, 1.82) is 0 Å². The van der Waals surface area contributed by atoms with Gasteiger partial charge in [0.2, 0.25) is 0 Å². The Kier molecular flexibility index (Phi) is 4.98. The lowest BCUT2D eigenvalue weighted by Crippen LogP contribution is -2.13. The average Bonchev–Trinajstić information content (AvgIpc) is 2.45. The smallest absolute Gasteiger partial charge is 0.421 e. The van der Waals surface area contributed by atoms with Gasteiger partial charge in [-0.1, -0.05) is 41.9 Å². The van der Waals surface area contributed by atoms with Crippen LogP contribution in [-0.2, 0) is 11.2 Å². The van der Waals surface area contributed by atoms with Crippen LogP contribution in [0.1, 0.15) is 5.56 Å². The highest BCUT2D eigenvalue weighted by atomic mass is 35.5. The molecule has 0 N–H and O–H groups in total. The van der Waals surface area contributed by atoms with E-state index in [2.05, 4.69) is 0 Å². The summed E-state index contributed by atoms with van der Waals surface area (Å²) in [5, 5.41) is 1.06. The molecule has 1 atom stereocenters. The molecule has 21 heavy (non-hydrogen) atoms. The molecule has 0 radical (unpaired) electrons. The Morgan fingerprint density at radius 3 is 2.10 bits per heavy atom. The maximum Gasteiger partial charge on any atom is 0.421 e. The van der Waals surface area contributed by atoms with Crippen molar-refractivity contribution >= 4 is 28.3 Å². The first-order chi connectivity index (χ1) is 9.88. The van der Waals surface area contributed by atoms with Crippen molar-refractivity contribution in [3.05, 3.63) is 70.6 Å². The zero-order valence-corrected chi connectivity index (χ0v) is 12.2. The second-order valence-electron chi connectivity index (χ2n) is 4.15. The Hall–Kier alpha value is -1.43. The summed E-state index contributed by atoms with van der Waals surface area (Å²) in [6.07, 6.45) is -4.60. The first kappa shape index (κ1) is 15.9. The van der Waals surface area contributed by atoms with Crippen molar-refractivity contribution in [3.8, 4) is 0 Å². The van der Waals surface area contributed by atoms with E-state index in [1.807, 2.05) is 0 Å². The quantitative estimate of drug-likeness (QED) is 0.722. The van der Waals surface area contributed by atoms with E-state index >= 15 is 0 Å². The van der Waals surface area contributed by atoms with Crippen molar-refractivity contribution in [3.63, 3.8) is 0 Å². The Bertz CT molecular complexity index is 624. The SMILES string of the molecule is [O-][S+](C=C(c1ccc(Cl)cc1)C(F)(F)F)c1ccccc1. The Balaban J connectivity index is 2.41. The van der Waals surface area contributed by atoms with Gasteiger partial charge < -0.3 is 4.55 Å². The standard InChI is InChI=1S/C15H10ClF3OS/c16-12-8-6-11(7-9-12)14(15(17,18)19)10-21(20)13-4-2-1-3-5-13/h1-10H. The van der Waals surface area contributed by atoms with Crippen LogP contribution in [0.15, 0.2) is 64.9 Å². The van der Waals surface area contributed by atoms with Gasteiger partial charge in [-0.05, 0) is 29.8 Å². The van der Waals surface area contributed by atoms with E-state index in [9.17, 15) is 17.7 Å². The van der Waals surface area contributed by atoms with Gasteiger partial charge in [0.15, 0.2) is 4.90 Å². The van der Waals surface area contributed by atoms with Crippen molar-refractivity contribution in [2.24, 2.45) is 0 Å². The topological polar surface area (TPSA) is 23.1 Å². The normalized spacial score (nSPS) is 14.0. The molecule has 0 aromatic heterocycles. The van der Waals surface area contributed by atoms with Crippen LogP contribution in [0.5, 0.6) is 0 Å². The highest BCUT2D eigenvalue weighted by molar-refractivity contribution is 7.94. The zero-order valence-electron chi connectivity index (χ0n) is 10.6. The van der Waals surface area contributed by atoms with Crippen LogP contribution >= 0.6 is 11.6 Å². The summed E-state index contributed by atoms with van der Waals surface area (Å²) in [7, 11) is 0. The van der Waals surface area contributed by atoms with E-state index in [1.54, 1.807) is 18.2 Å². The van der Waals surface area contributed by atoms with Crippen molar-refractivity contribution < 1.29 is 17.7 Å². The van der Waals surface area contributed by atoms with Gasteiger partial charge in [0, 0.05) is 16.2 Å². The fourth-order valence-electron chi connectivity index (χ4n) is 1.66. The van der Waals surface area contributed by atoms with Crippen LogP contribution in [0.4, 0.5) is 13.2 Å². The van der Waals surface area contributed by atoms with Crippen molar-refractivity contribution in [1.82, 2.24) is 0 Å². The van der Waals surface area contributed by atoms with Crippen LogP contribution in [0.25, 0.3) is 5.57 Å². The highest BCUT2D eigenvalue weighted by Gasteiger charge is 2.37. The fraction of sp³-hybridized carbons (Fsp3) is 0.0667. The van der Waals surface area contributed by atoms with Gasteiger partial charge in [0.25, 0.3) is 0 Å². The van der Waals surface area contributed by atoms with Crippen LogP contribution in [-0.4, -0.2) is 10.7 Å². The third kappa shape index (κ3) is 4.27. The van der Waals surface area contributed by atoms with E-state index in [1.165, 1.54) is 36.4 Å². The van der Waals surface area contributed by atoms with Gasteiger partial charge >= 0.3 is 6.18 Å². The predicted molar refractivity (Wildman–Crippen MR) is 78.3 cm³/mol. The van der Waals surface area contributed by atoms with E-state index in [0.29, 0.717) is 9.92 Å². The molecule has 0 fully saturated rings. The minimum absolute atomic E-state index is 0.0730. The molecule has 0 bridgehead atoms. The zero-order chi connectivity index (χ0) is 15.5. The summed E-state index contributed by atoms with van der Waals surface area (Å²) in [4.78, 5) is 0.313. The second kappa shape index (κ2) is 6.56. The molecule has 0 saturated carbocycles. The molecule has 6 heteroatoms. The van der Waals surface area contributed by atoms with Gasteiger partial charge in [-0.15, -0.1) is 0 Å². The van der Waals surface area contributed by atoms with Crippen molar-refractivity contribution in [2.75, 3.05) is 0 Å². The molecular formula is C15H10ClF3OS. The third-order valence-electron chi connectivity index (χ3n) is 2.66. The van der Waals surface area contributed by atoms with Gasteiger partial charge in [-0.2, -0.15) is 13.2 Å². The molecule has 0 spiro atoms. The molecule has 2 aromatic carbocycles. The highest BCUT2D eigenvalue weighted by Crippen LogP contribution is 2.35. The van der Waals surface area contributed by atoms with Crippen molar-refractivity contribution in [2.45, 2.75) is 11.1 Å². The van der Waals surface area contributed by atoms with Gasteiger partial charge in [-0.3, -0.25) is 0 Å². The molecule has 0 aliphatic rings. The van der Waals surface area contributed by atoms with Crippen LogP contribution < -0.4 is 0 Å². The summed E-state index contributed by atoms with van der Waals surface area (Å²) in [5.74, 6) is 0.